The zero-order valence-corrected chi connectivity index (χ0v) is 8.10. The molecule has 2 rings (SSSR count). The highest BCUT2D eigenvalue weighted by atomic mass is 16.6. The molecular weight excluding hydrogens is 178 g/mol. The topological polar surface area (TPSA) is 32.7 Å². The summed E-state index contributed by atoms with van der Waals surface area (Å²) < 4.78 is 5.06. The Kier molecular flexibility index (Phi) is 3.14. The maximum atomic E-state index is 9.29. The molecule has 1 saturated heterocycles. The SMILES string of the molecule is O[C@H]1CN(Cc2ccccc2)CCO1. The van der Waals surface area contributed by atoms with E-state index in [1.54, 1.807) is 0 Å². The van der Waals surface area contributed by atoms with Gasteiger partial charge in [-0.3, -0.25) is 4.90 Å². The van der Waals surface area contributed by atoms with Gasteiger partial charge in [-0.2, -0.15) is 0 Å². The molecule has 0 radical (unpaired) electrons. The number of ether oxygens (including phenoxy) is 1. The molecule has 14 heavy (non-hydrogen) atoms. The number of aliphatic hydroxyl groups excluding tert-OH is 1. The van der Waals surface area contributed by atoms with E-state index in [2.05, 4.69) is 17.0 Å². The van der Waals surface area contributed by atoms with Gasteiger partial charge in [-0.1, -0.05) is 30.3 Å². The number of benzene rings is 1. The molecule has 0 saturated carbocycles. The van der Waals surface area contributed by atoms with Crippen molar-refractivity contribution in [1.29, 1.82) is 0 Å². The van der Waals surface area contributed by atoms with Crippen molar-refractivity contribution in [3.63, 3.8) is 0 Å². The highest BCUT2D eigenvalue weighted by molar-refractivity contribution is 5.14. The molecule has 1 aromatic rings. The van der Waals surface area contributed by atoms with E-state index < -0.39 is 6.29 Å². The molecule has 1 atom stereocenters. The molecule has 1 heterocycles. The normalized spacial score (nSPS) is 23.6. The van der Waals surface area contributed by atoms with Gasteiger partial charge in [-0.15, -0.1) is 0 Å². The summed E-state index contributed by atoms with van der Waals surface area (Å²) in [6, 6.07) is 10.3. The fourth-order valence-corrected chi connectivity index (χ4v) is 1.67. The van der Waals surface area contributed by atoms with E-state index in [1.807, 2.05) is 18.2 Å². The van der Waals surface area contributed by atoms with Gasteiger partial charge < -0.3 is 9.84 Å². The molecule has 1 aliphatic heterocycles. The predicted molar refractivity (Wildman–Crippen MR) is 53.7 cm³/mol. The van der Waals surface area contributed by atoms with Gasteiger partial charge in [0.05, 0.1) is 6.61 Å². The van der Waals surface area contributed by atoms with Crippen molar-refractivity contribution in [2.75, 3.05) is 19.7 Å². The minimum atomic E-state index is -0.618. The largest absolute Gasteiger partial charge is 0.367 e. The van der Waals surface area contributed by atoms with E-state index >= 15 is 0 Å². The molecule has 0 spiro atoms. The van der Waals surface area contributed by atoms with Crippen LogP contribution in [0.15, 0.2) is 30.3 Å². The standard InChI is InChI=1S/C11H15NO2/c13-11-9-12(6-7-14-11)8-10-4-2-1-3-5-10/h1-5,11,13H,6-9H2/t11-/m1/s1. The summed E-state index contributed by atoms with van der Waals surface area (Å²) in [7, 11) is 0. The summed E-state index contributed by atoms with van der Waals surface area (Å²) in [6.45, 7) is 3.01. The van der Waals surface area contributed by atoms with Crippen LogP contribution in [0, 0.1) is 0 Å². The van der Waals surface area contributed by atoms with Crippen molar-refractivity contribution in [3.05, 3.63) is 35.9 Å². The maximum absolute atomic E-state index is 9.29. The van der Waals surface area contributed by atoms with Crippen molar-refractivity contribution >= 4 is 0 Å². The summed E-state index contributed by atoms with van der Waals surface area (Å²) in [4.78, 5) is 2.20. The zero-order valence-electron chi connectivity index (χ0n) is 8.10. The average Bonchev–Trinajstić information content (AvgIpc) is 2.19. The van der Waals surface area contributed by atoms with Gasteiger partial charge >= 0.3 is 0 Å². The zero-order chi connectivity index (χ0) is 9.80. The summed E-state index contributed by atoms with van der Waals surface area (Å²) in [5.74, 6) is 0. The number of β-amino-alcohol motifs (C(OH)–C–C–N with tert-alkyl or cyclic N) is 1. The van der Waals surface area contributed by atoms with Crippen LogP contribution < -0.4 is 0 Å². The van der Waals surface area contributed by atoms with Crippen LogP contribution in [0.1, 0.15) is 5.56 Å². The predicted octanol–water partition coefficient (Wildman–Crippen LogP) is 0.837. The minimum Gasteiger partial charge on any atom is -0.367 e. The van der Waals surface area contributed by atoms with Gasteiger partial charge in [0.2, 0.25) is 0 Å². The first kappa shape index (κ1) is 9.65. The number of rotatable bonds is 2. The quantitative estimate of drug-likeness (QED) is 0.755. The van der Waals surface area contributed by atoms with Crippen molar-refractivity contribution in [2.24, 2.45) is 0 Å². The molecule has 3 nitrogen and oxygen atoms in total. The highest BCUT2D eigenvalue weighted by Gasteiger charge is 2.17. The van der Waals surface area contributed by atoms with Crippen LogP contribution in [0.5, 0.6) is 0 Å². The third-order valence-electron chi connectivity index (χ3n) is 2.38. The lowest BCUT2D eigenvalue weighted by molar-refractivity contribution is -0.147. The Labute approximate surface area is 83.9 Å². The van der Waals surface area contributed by atoms with Gasteiger partial charge in [-0.25, -0.2) is 0 Å². The second kappa shape index (κ2) is 4.55. The van der Waals surface area contributed by atoms with Crippen LogP contribution in [0.2, 0.25) is 0 Å². The first-order valence-corrected chi connectivity index (χ1v) is 4.90. The molecule has 3 heteroatoms. The Balaban J connectivity index is 1.91. The molecule has 0 aromatic heterocycles. The Morgan fingerprint density at radius 1 is 1.36 bits per heavy atom. The lowest BCUT2D eigenvalue weighted by Crippen LogP contribution is -2.41. The summed E-state index contributed by atoms with van der Waals surface area (Å²) in [5, 5.41) is 9.29. The van der Waals surface area contributed by atoms with E-state index in [0.717, 1.165) is 13.1 Å². The third kappa shape index (κ3) is 2.54. The van der Waals surface area contributed by atoms with Gasteiger partial charge in [0.1, 0.15) is 0 Å². The monoisotopic (exact) mass is 193 g/mol. The summed E-state index contributed by atoms with van der Waals surface area (Å²) >= 11 is 0. The first-order valence-electron chi connectivity index (χ1n) is 4.90. The third-order valence-corrected chi connectivity index (χ3v) is 2.38. The minimum absolute atomic E-state index is 0.606. The fourth-order valence-electron chi connectivity index (χ4n) is 1.67. The lowest BCUT2D eigenvalue weighted by atomic mass is 10.2. The summed E-state index contributed by atoms with van der Waals surface area (Å²) in [5.41, 5.74) is 1.28. The number of hydrogen-bond donors (Lipinski definition) is 1. The maximum Gasteiger partial charge on any atom is 0.167 e. The molecule has 0 bridgehead atoms. The average molecular weight is 193 g/mol. The van der Waals surface area contributed by atoms with Crippen LogP contribution in [0.3, 0.4) is 0 Å². The molecule has 0 unspecified atom stereocenters. The lowest BCUT2D eigenvalue weighted by Gasteiger charge is -2.29. The summed E-state index contributed by atoms with van der Waals surface area (Å²) in [6.07, 6.45) is -0.618. The Morgan fingerprint density at radius 3 is 2.86 bits per heavy atom. The van der Waals surface area contributed by atoms with Crippen molar-refractivity contribution in [3.8, 4) is 0 Å². The second-order valence-corrected chi connectivity index (χ2v) is 3.55. The Bertz CT molecular complexity index is 276. The van der Waals surface area contributed by atoms with E-state index in [-0.39, 0.29) is 0 Å². The number of morpholine rings is 1. The van der Waals surface area contributed by atoms with Gasteiger partial charge in [0.25, 0.3) is 0 Å². The fraction of sp³-hybridized carbons (Fsp3) is 0.455. The molecule has 76 valence electrons. The van der Waals surface area contributed by atoms with Crippen molar-refractivity contribution < 1.29 is 9.84 Å². The van der Waals surface area contributed by atoms with Crippen LogP contribution in [-0.4, -0.2) is 36.0 Å². The smallest absolute Gasteiger partial charge is 0.167 e. The molecule has 0 aliphatic carbocycles. The highest BCUT2D eigenvalue weighted by Crippen LogP contribution is 2.08. The molecule has 1 fully saturated rings. The molecule has 1 aromatic carbocycles. The van der Waals surface area contributed by atoms with Crippen molar-refractivity contribution in [1.82, 2.24) is 4.90 Å². The van der Waals surface area contributed by atoms with E-state index in [4.69, 9.17) is 4.74 Å². The molecule has 1 aliphatic rings. The van der Waals surface area contributed by atoms with Crippen LogP contribution in [-0.2, 0) is 11.3 Å². The van der Waals surface area contributed by atoms with E-state index in [1.165, 1.54) is 5.56 Å². The number of hydrogen-bond acceptors (Lipinski definition) is 3. The number of aliphatic hydroxyl groups is 1. The molecule has 1 N–H and O–H groups in total. The Morgan fingerprint density at radius 2 is 2.14 bits per heavy atom. The van der Waals surface area contributed by atoms with E-state index in [0.29, 0.717) is 13.2 Å². The van der Waals surface area contributed by atoms with Crippen LogP contribution >= 0.6 is 0 Å². The van der Waals surface area contributed by atoms with Crippen LogP contribution in [0.4, 0.5) is 0 Å². The van der Waals surface area contributed by atoms with Crippen molar-refractivity contribution in [2.45, 2.75) is 12.8 Å². The Hall–Kier alpha value is -0.900. The van der Waals surface area contributed by atoms with Gasteiger partial charge in [-0.05, 0) is 5.56 Å². The molecular formula is C11H15NO2. The van der Waals surface area contributed by atoms with Gasteiger partial charge in [0.15, 0.2) is 6.29 Å². The van der Waals surface area contributed by atoms with E-state index in [9.17, 15) is 5.11 Å². The number of nitrogens with zero attached hydrogens (tertiary/aromatic N) is 1. The molecule has 0 amide bonds. The van der Waals surface area contributed by atoms with Gasteiger partial charge in [0, 0.05) is 19.6 Å². The van der Waals surface area contributed by atoms with Crippen LogP contribution in [0.25, 0.3) is 0 Å². The second-order valence-electron chi connectivity index (χ2n) is 3.55. The first-order chi connectivity index (χ1) is 6.84.